The molecule has 0 fully saturated rings. The first-order valence-electron chi connectivity index (χ1n) is 5.16. The highest BCUT2D eigenvalue weighted by Crippen LogP contribution is 2.19. The fourth-order valence-corrected chi connectivity index (χ4v) is 3.20. The molecule has 104 valence electrons. The molecule has 0 saturated heterocycles. The highest BCUT2D eigenvalue weighted by atomic mass is 79.9. The fourth-order valence-electron chi connectivity index (χ4n) is 1.27. The maximum Gasteiger partial charge on any atom is 0.240 e. The number of nitrogens with two attached hydrogens (primary N) is 1. The average Bonchev–Trinajstić information content (AvgIpc) is 2.13. The van der Waals surface area contributed by atoms with Crippen LogP contribution in [0.2, 0.25) is 0 Å². The van der Waals surface area contributed by atoms with Gasteiger partial charge in [0.25, 0.3) is 0 Å². The summed E-state index contributed by atoms with van der Waals surface area (Å²) >= 11 is 3.30. The second-order valence-corrected chi connectivity index (χ2v) is 7.37. The van der Waals surface area contributed by atoms with Gasteiger partial charge in [-0.05, 0) is 44.5 Å². The van der Waals surface area contributed by atoms with Crippen LogP contribution in [0.1, 0.15) is 19.4 Å². The summed E-state index contributed by atoms with van der Waals surface area (Å²) in [6, 6.07) is 5.04. The van der Waals surface area contributed by atoms with Crippen molar-refractivity contribution in [2.45, 2.75) is 31.2 Å². The van der Waals surface area contributed by atoms with Gasteiger partial charge in [0.2, 0.25) is 10.0 Å². The van der Waals surface area contributed by atoms with Crippen LogP contribution in [0.25, 0.3) is 0 Å². The molecule has 0 saturated carbocycles. The highest BCUT2D eigenvalue weighted by Gasteiger charge is 2.20. The van der Waals surface area contributed by atoms with Crippen LogP contribution in [-0.4, -0.2) is 20.5 Å². The second kappa shape index (κ2) is 6.34. The summed E-state index contributed by atoms with van der Waals surface area (Å²) in [5, 5.41) is 0. The zero-order valence-electron chi connectivity index (χ0n) is 10.5. The number of sulfonamides is 1. The number of hydrogen-bond donors (Lipinski definition) is 2. The van der Waals surface area contributed by atoms with E-state index in [4.69, 9.17) is 5.73 Å². The number of halogens is 2. The Bertz CT molecular complexity index is 512. The van der Waals surface area contributed by atoms with E-state index in [1.54, 1.807) is 39.0 Å². The van der Waals surface area contributed by atoms with Gasteiger partial charge in [-0.15, -0.1) is 12.4 Å². The molecule has 1 aromatic rings. The van der Waals surface area contributed by atoms with Crippen molar-refractivity contribution in [3.63, 3.8) is 0 Å². The van der Waals surface area contributed by atoms with Crippen molar-refractivity contribution in [3.05, 3.63) is 28.2 Å². The van der Waals surface area contributed by atoms with Crippen LogP contribution < -0.4 is 10.5 Å². The molecule has 18 heavy (non-hydrogen) atoms. The summed E-state index contributed by atoms with van der Waals surface area (Å²) in [4.78, 5) is 0.282. The van der Waals surface area contributed by atoms with Gasteiger partial charge in [-0.1, -0.05) is 15.9 Å². The highest BCUT2D eigenvalue weighted by molar-refractivity contribution is 9.10. The molecule has 1 aromatic carbocycles. The molecule has 0 spiro atoms. The van der Waals surface area contributed by atoms with E-state index in [2.05, 4.69) is 20.7 Å². The summed E-state index contributed by atoms with van der Waals surface area (Å²) in [5.74, 6) is 0. The standard InChI is InChI=1S/C11H17BrN2O2S.ClH/c1-8-6-9(12)4-5-10(8)17(15,16)14-7-11(2,3)13;/h4-6,14H,7,13H2,1-3H3;1H. The monoisotopic (exact) mass is 356 g/mol. The summed E-state index contributed by atoms with van der Waals surface area (Å²) in [6.07, 6.45) is 0. The van der Waals surface area contributed by atoms with E-state index in [1.807, 2.05) is 0 Å². The summed E-state index contributed by atoms with van der Waals surface area (Å²) in [6.45, 7) is 5.49. The Balaban J connectivity index is 0.00000289. The number of benzene rings is 1. The fraction of sp³-hybridized carbons (Fsp3) is 0.455. The van der Waals surface area contributed by atoms with Crippen molar-refractivity contribution in [3.8, 4) is 0 Å². The lowest BCUT2D eigenvalue weighted by Gasteiger charge is -2.19. The molecule has 1 rings (SSSR count). The number of nitrogens with one attached hydrogen (secondary N) is 1. The average molecular weight is 358 g/mol. The van der Waals surface area contributed by atoms with Crippen LogP contribution in [0, 0.1) is 6.92 Å². The Morgan fingerprint density at radius 2 is 1.94 bits per heavy atom. The van der Waals surface area contributed by atoms with Gasteiger partial charge in [0.15, 0.2) is 0 Å². The summed E-state index contributed by atoms with van der Waals surface area (Å²) in [7, 11) is -3.49. The van der Waals surface area contributed by atoms with E-state index < -0.39 is 15.6 Å². The lowest BCUT2D eigenvalue weighted by Crippen LogP contribution is -2.45. The third kappa shape index (κ3) is 5.24. The van der Waals surface area contributed by atoms with Gasteiger partial charge in [0, 0.05) is 16.6 Å². The van der Waals surface area contributed by atoms with Gasteiger partial charge in [0.1, 0.15) is 0 Å². The lowest BCUT2D eigenvalue weighted by atomic mass is 10.1. The quantitative estimate of drug-likeness (QED) is 0.867. The molecule has 0 amide bonds. The van der Waals surface area contributed by atoms with Crippen LogP contribution in [0.5, 0.6) is 0 Å². The van der Waals surface area contributed by atoms with E-state index in [0.29, 0.717) is 5.56 Å². The molecule has 0 aromatic heterocycles. The lowest BCUT2D eigenvalue weighted by molar-refractivity contribution is 0.497. The van der Waals surface area contributed by atoms with E-state index in [9.17, 15) is 8.42 Å². The third-order valence-corrected chi connectivity index (χ3v) is 4.20. The topological polar surface area (TPSA) is 72.2 Å². The summed E-state index contributed by atoms with van der Waals surface area (Å²) < 4.78 is 27.4. The molecule has 3 N–H and O–H groups in total. The normalized spacial score (nSPS) is 12.1. The molecule has 4 nitrogen and oxygen atoms in total. The molecule has 0 unspecified atom stereocenters. The first kappa shape index (κ1) is 17.9. The van der Waals surface area contributed by atoms with Gasteiger partial charge in [-0.25, -0.2) is 13.1 Å². The second-order valence-electron chi connectivity index (χ2n) is 4.72. The molecule has 0 bridgehead atoms. The molecule has 7 heteroatoms. The Morgan fingerprint density at radius 3 is 2.39 bits per heavy atom. The minimum atomic E-state index is -3.49. The molecule has 0 atom stereocenters. The van der Waals surface area contributed by atoms with Gasteiger partial charge in [-0.2, -0.15) is 0 Å². The smallest absolute Gasteiger partial charge is 0.240 e. The maximum atomic E-state index is 12.0. The van der Waals surface area contributed by atoms with E-state index in [-0.39, 0.29) is 23.8 Å². The summed E-state index contributed by atoms with van der Waals surface area (Å²) in [5.41, 5.74) is 5.87. The van der Waals surface area contributed by atoms with E-state index in [1.165, 1.54) is 0 Å². The van der Waals surface area contributed by atoms with E-state index >= 15 is 0 Å². The van der Waals surface area contributed by atoms with Crippen LogP contribution in [0.4, 0.5) is 0 Å². The van der Waals surface area contributed by atoms with Crippen molar-refractivity contribution in [1.82, 2.24) is 4.72 Å². The minimum Gasteiger partial charge on any atom is -0.324 e. The molecular formula is C11H18BrClN2O2S. The predicted molar refractivity (Wildman–Crippen MR) is 79.6 cm³/mol. The Morgan fingerprint density at radius 1 is 1.39 bits per heavy atom. The van der Waals surface area contributed by atoms with Gasteiger partial charge < -0.3 is 5.73 Å². The van der Waals surface area contributed by atoms with Crippen molar-refractivity contribution < 1.29 is 8.42 Å². The van der Waals surface area contributed by atoms with Crippen molar-refractivity contribution in [1.29, 1.82) is 0 Å². The van der Waals surface area contributed by atoms with Crippen LogP contribution in [0.15, 0.2) is 27.6 Å². The van der Waals surface area contributed by atoms with Crippen molar-refractivity contribution in [2.24, 2.45) is 5.73 Å². The SMILES string of the molecule is Cc1cc(Br)ccc1S(=O)(=O)NCC(C)(C)N.Cl. The number of aryl methyl sites for hydroxylation is 1. The minimum absolute atomic E-state index is 0. The first-order chi connectivity index (χ1) is 7.62. The van der Waals surface area contributed by atoms with Crippen molar-refractivity contribution in [2.75, 3.05) is 6.54 Å². The molecule has 0 aliphatic rings. The zero-order chi connectivity index (χ0) is 13.3. The molecular weight excluding hydrogens is 340 g/mol. The Hall–Kier alpha value is -0.140. The number of hydrogen-bond acceptors (Lipinski definition) is 3. The Kier molecular flexibility index (Phi) is 6.29. The number of rotatable bonds is 4. The predicted octanol–water partition coefficient (Wildman–Crippen LogP) is 2.19. The van der Waals surface area contributed by atoms with Gasteiger partial charge in [0.05, 0.1) is 4.90 Å². The molecule has 0 heterocycles. The molecule has 0 radical (unpaired) electrons. The first-order valence-corrected chi connectivity index (χ1v) is 7.44. The molecule has 0 aliphatic carbocycles. The Labute approximate surface area is 123 Å². The van der Waals surface area contributed by atoms with Gasteiger partial charge >= 0.3 is 0 Å². The molecule has 0 aliphatic heterocycles. The largest absolute Gasteiger partial charge is 0.324 e. The van der Waals surface area contributed by atoms with Crippen LogP contribution >= 0.6 is 28.3 Å². The van der Waals surface area contributed by atoms with E-state index in [0.717, 1.165) is 4.47 Å². The van der Waals surface area contributed by atoms with Gasteiger partial charge in [-0.3, -0.25) is 0 Å². The van der Waals surface area contributed by atoms with Crippen LogP contribution in [0.3, 0.4) is 0 Å². The van der Waals surface area contributed by atoms with Crippen molar-refractivity contribution >= 4 is 38.4 Å². The third-order valence-electron chi connectivity index (χ3n) is 2.14. The maximum absolute atomic E-state index is 12.0. The van der Waals surface area contributed by atoms with Crippen LogP contribution in [-0.2, 0) is 10.0 Å². The zero-order valence-corrected chi connectivity index (χ0v) is 13.7.